The van der Waals surface area contributed by atoms with E-state index in [0.717, 1.165) is 24.8 Å². The molecular weight excluding hydrogens is 232 g/mol. The summed E-state index contributed by atoms with van der Waals surface area (Å²) in [6.45, 7) is 0. The van der Waals surface area contributed by atoms with Crippen LogP contribution in [0.4, 0.5) is 0 Å². The normalized spacial score (nSPS) is 13.6. The maximum absolute atomic E-state index is 10.8. The van der Waals surface area contributed by atoms with Crippen molar-refractivity contribution in [3.05, 3.63) is 35.0 Å². The Balaban J connectivity index is 2.09. The Kier molecular flexibility index (Phi) is 2.33. The largest absolute Gasteiger partial charge is 0.507 e. The topological polar surface area (TPSA) is 86.2 Å². The van der Waals surface area contributed by atoms with Crippen LogP contribution in [0.5, 0.6) is 5.75 Å². The van der Waals surface area contributed by atoms with Crippen LogP contribution in [0.1, 0.15) is 28.0 Å². The third kappa shape index (κ3) is 1.55. The molecule has 18 heavy (non-hydrogen) atoms. The number of carboxylic acid groups (broad SMARTS) is 1. The maximum Gasteiger partial charge on any atom is 0.353 e. The van der Waals surface area contributed by atoms with Crippen molar-refractivity contribution in [3.63, 3.8) is 0 Å². The van der Waals surface area contributed by atoms with Gasteiger partial charge < -0.3 is 10.2 Å². The Morgan fingerprint density at radius 1 is 1.33 bits per heavy atom. The van der Waals surface area contributed by atoms with E-state index in [1.807, 2.05) is 6.07 Å². The summed E-state index contributed by atoms with van der Waals surface area (Å²) in [6, 6.07) is 5.20. The number of aromatic hydroxyl groups is 1. The molecule has 0 radical (unpaired) electrons. The standard InChI is InChI=1S/C13H12N2O3/c16-12-8-3-1-2-7(8)4-5-9(12)10-6-11(13(17)18)15-14-10/h4-6,16H,1-3H2,(H,14,15)(H,17,18). The molecule has 0 fully saturated rings. The highest BCUT2D eigenvalue weighted by molar-refractivity contribution is 5.87. The number of aryl methyl sites for hydroxylation is 1. The predicted octanol–water partition coefficient (Wildman–Crippen LogP) is 1.97. The quantitative estimate of drug-likeness (QED) is 0.753. The fourth-order valence-corrected chi connectivity index (χ4v) is 2.42. The van der Waals surface area contributed by atoms with E-state index in [-0.39, 0.29) is 11.4 Å². The number of rotatable bonds is 2. The minimum Gasteiger partial charge on any atom is -0.507 e. The van der Waals surface area contributed by atoms with E-state index in [1.165, 1.54) is 11.6 Å². The van der Waals surface area contributed by atoms with Crippen molar-refractivity contribution in [1.29, 1.82) is 0 Å². The van der Waals surface area contributed by atoms with E-state index < -0.39 is 5.97 Å². The summed E-state index contributed by atoms with van der Waals surface area (Å²) < 4.78 is 0. The van der Waals surface area contributed by atoms with Gasteiger partial charge in [-0.1, -0.05) is 6.07 Å². The Morgan fingerprint density at radius 2 is 2.17 bits per heavy atom. The van der Waals surface area contributed by atoms with E-state index in [2.05, 4.69) is 10.2 Å². The molecular formula is C13H12N2O3. The van der Waals surface area contributed by atoms with E-state index >= 15 is 0 Å². The third-order valence-corrected chi connectivity index (χ3v) is 3.34. The van der Waals surface area contributed by atoms with Gasteiger partial charge in [-0.25, -0.2) is 4.79 Å². The molecule has 0 aliphatic heterocycles. The lowest BCUT2D eigenvalue weighted by Crippen LogP contribution is -1.95. The van der Waals surface area contributed by atoms with Gasteiger partial charge in [0, 0.05) is 5.56 Å². The van der Waals surface area contributed by atoms with Crippen molar-refractivity contribution in [2.24, 2.45) is 0 Å². The third-order valence-electron chi connectivity index (χ3n) is 3.34. The van der Waals surface area contributed by atoms with E-state index in [0.29, 0.717) is 11.3 Å². The summed E-state index contributed by atoms with van der Waals surface area (Å²) in [7, 11) is 0. The first-order valence-electron chi connectivity index (χ1n) is 5.79. The van der Waals surface area contributed by atoms with Gasteiger partial charge >= 0.3 is 5.97 Å². The van der Waals surface area contributed by atoms with Gasteiger partial charge in [-0.2, -0.15) is 5.10 Å². The molecule has 0 bridgehead atoms. The summed E-state index contributed by atoms with van der Waals surface area (Å²) in [5.74, 6) is -0.831. The first-order chi connectivity index (χ1) is 8.66. The molecule has 0 spiro atoms. The lowest BCUT2D eigenvalue weighted by atomic mass is 10.0. The number of H-pyrrole nitrogens is 1. The molecule has 2 aromatic rings. The van der Waals surface area contributed by atoms with Crippen LogP contribution in [-0.4, -0.2) is 26.4 Å². The molecule has 0 amide bonds. The molecule has 5 heteroatoms. The van der Waals surface area contributed by atoms with E-state index in [9.17, 15) is 9.90 Å². The molecule has 1 aliphatic carbocycles. The number of nitrogens with one attached hydrogen (secondary N) is 1. The number of carbonyl (C=O) groups is 1. The average molecular weight is 244 g/mol. The van der Waals surface area contributed by atoms with Gasteiger partial charge in [-0.15, -0.1) is 0 Å². The van der Waals surface area contributed by atoms with Crippen molar-refractivity contribution >= 4 is 5.97 Å². The summed E-state index contributed by atoms with van der Waals surface area (Å²) in [4.78, 5) is 10.8. The molecule has 0 atom stereocenters. The molecule has 5 nitrogen and oxygen atoms in total. The van der Waals surface area contributed by atoms with Crippen molar-refractivity contribution in [2.75, 3.05) is 0 Å². The lowest BCUT2D eigenvalue weighted by Gasteiger charge is -2.06. The fourth-order valence-electron chi connectivity index (χ4n) is 2.42. The SMILES string of the molecule is O=C(O)c1cc(-c2ccc3c(c2O)CCC3)n[nH]1. The summed E-state index contributed by atoms with van der Waals surface area (Å²) in [5.41, 5.74) is 3.20. The fraction of sp³-hybridized carbons (Fsp3) is 0.231. The number of phenols is 1. The zero-order valence-corrected chi connectivity index (χ0v) is 9.60. The van der Waals surface area contributed by atoms with Gasteiger partial charge in [0.1, 0.15) is 11.4 Å². The van der Waals surface area contributed by atoms with Crippen molar-refractivity contribution in [2.45, 2.75) is 19.3 Å². The van der Waals surface area contributed by atoms with Crippen LogP contribution in [0.15, 0.2) is 18.2 Å². The van der Waals surface area contributed by atoms with Crippen molar-refractivity contribution in [1.82, 2.24) is 10.2 Å². The zero-order valence-electron chi connectivity index (χ0n) is 9.60. The van der Waals surface area contributed by atoms with Crippen LogP contribution < -0.4 is 0 Å². The second-order valence-corrected chi connectivity index (χ2v) is 4.42. The van der Waals surface area contributed by atoms with Gasteiger partial charge in [0.2, 0.25) is 0 Å². The summed E-state index contributed by atoms with van der Waals surface area (Å²) in [6.07, 6.45) is 2.91. The highest BCUT2D eigenvalue weighted by Gasteiger charge is 2.20. The van der Waals surface area contributed by atoms with Crippen LogP contribution in [0.2, 0.25) is 0 Å². The highest BCUT2D eigenvalue weighted by Crippen LogP contribution is 2.37. The van der Waals surface area contributed by atoms with Gasteiger partial charge in [-0.3, -0.25) is 5.10 Å². The van der Waals surface area contributed by atoms with Crippen LogP contribution in [0.25, 0.3) is 11.3 Å². The smallest absolute Gasteiger partial charge is 0.353 e. The van der Waals surface area contributed by atoms with Gasteiger partial charge in [-0.05, 0) is 42.5 Å². The molecule has 1 heterocycles. The number of hydrogen-bond donors (Lipinski definition) is 3. The average Bonchev–Trinajstić information content (AvgIpc) is 2.97. The van der Waals surface area contributed by atoms with Crippen molar-refractivity contribution in [3.8, 4) is 17.0 Å². The Bertz CT molecular complexity index is 631. The molecule has 1 aliphatic rings. The maximum atomic E-state index is 10.8. The second kappa shape index (κ2) is 3.87. The molecule has 0 saturated carbocycles. The number of hydrogen-bond acceptors (Lipinski definition) is 3. The van der Waals surface area contributed by atoms with Gasteiger partial charge in [0.15, 0.2) is 0 Å². The molecule has 3 rings (SSSR count). The number of benzene rings is 1. The van der Waals surface area contributed by atoms with Crippen LogP contribution >= 0.6 is 0 Å². The van der Waals surface area contributed by atoms with Crippen LogP contribution in [0.3, 0.4) is 0 Å². The molecule has 0 unspecified atom stereocenters. The van der Waals surface area contributed by atoms with Gasteiger partial charge in [0.25, 0.3) is 0 Å². The monoisotopic (exact) mass is 244 g/mol. The molecule has 92 valence electrons. The molecule has 1 aromatic carbocycles. The Labute approximate surface area is 103 Å². The highest BCUT2D eigenvalue weighted by atomic mass is 16.4. The summed E-state index contributed by atoms with van der Waals surface area (Å²) in [5, 5.41) is 25.4. The predicted molar refractivity (Wildman–Crippen MR) is 64.7 cm³/mol. The van der Waals surface area contributed by atoms with Gasteiger partial charge in [0.05, 0.1) is 5.69 Å². The number of aromatic nitrogens is 2. The molecule has 0 saturated heterocycles. The lowest BCUT2D eigenvalue weighted by molar-refractivity contribution is 0.0690. The number of aromatic amines is 1. The number of aromatic carboxylic acids is 1. The Hall–Kier alpha value is -2.30. The Morgan fingerprint density at radius 3 is 2.89 bits per heavy atom. The first kappa shape index (κ1) is 10.8. The minimum absolute atomic E-state index is 0.0184. The number of fused-ring (bicyclic) bond motifs is 1. The number of nitrogens with zero attached hydrogens (tertiary/aromatic N) is 1. The van der Waals surface area contributed by atoms with Crippen LogP contribution in [0, 0.1) is 0 Å². The van der Waals surface area contributed by atoms with E-state index in [4.69, 9.17) is 5.11 Å². The van der Waals surface area contributed by atoms with E-state index in [1.54, 1.807) is 6.07 Å². The molecule has 1 aromatic heterocycles. The van der Waals surface area contributed by atoms with Crippen molar-refractivity contribution < 1.29 is 15.0 Å². The minimum atomic E-state index is -1.06. The van der Waals surface area contributed by atoms with Crippen LogP contribution in [-0.2, 0) is 12.8 Å². The first-order valence-corrected chi connectivity index (χ1v) is 5.79. The molecule has 3 N–H and O–H groups in total. The zero-order chi connectivity index (χ0) is 12.7. The number of phenolic OH excluding ortho intramolecular Hbond substituents is 1. The second-order valence-electron chi connectivity index (χ2n) is 4.42. The summed E-state index contributed by atoms with van der Waals surface area (Å²) >= 11 is 0. The number of carboxylic acids is 1.